The maximum absolute atomic E-state index is 14.8. The Hall–Kier alpha value is -3.90. The van der Waals surface area contributed by atoms with Crippen molar-refractivity contribution in [3.8, 4) is 0 Å². The molecule has 7 rings (SSSR count). The summed E-state index contributed by atoms with van der Waals surface area (Å²) in [6, 6.07) is 24.7. The van der Waals surface area contributed by atoms with Crippen molar-refractivity contribution in [1.29, 1.82) is 0 Å². The van der Waals surface area contributed by atoms with Crippen LogP contribution in [0.5, 0.6) is 0 Å². The van der Waals surface area contributed by atoms with Gasteiger partial charge in [0.15, 0.2) is 11.6 Å². The van der Waals surface area contributed by atoms with Gasteiger partial charge in [-0.1, -0.05) is 89.4 Å². The van der Waals surface area contributed by atoms with E-state index in [1.165, 1.54) is 6.07 Å². The molecule has 1 amide bonds. The van der Waals surface area contributed by atoms with E-state index in [9.17, 15) is 14.4 Å². The standard InChI is InChI=1S/C33H21Cl3N2O3/c34-19-13-14-22(25(36)17-19)30(40)28-27(29(39)21-9-3-5-11-24(21)35)33(23-10-4-6-12-26(23)37-32(33)41)31-20-8-2-1-7-18(20)15-16-38(28)31/h1-17,27-28,31H,(H,37,41)/t27-,28+,31+,33+/m0/s1. The molecule has 0 bridgehead atoms. The number of halogens is 3. The number of carbonyl (C=O) groups is 3. The number of rotatable bonds is 4. The van der Waals surface area contributed by atoms with Crippen LogP contribution in [0, 0.1) is 5.92 Å². The highest BCUT2D eigenvalue weighted by molar-refractivity contribution is 6.37. The summed E-state index contributed by atoms with van der Waals surface area (Å²) in [5.74, 6) is -2.28. The van der Waals surface area contributed by atoms with Crippen molar-refractivity contribution >= 4 is 64.0 Å². The Morgan fingerprint density at radius 2 is 1.49 bits per heavy atom. The number of ketones is 2. The number of benzene rings is 4. The van der Waals surface area contributed by atoms with Crippen molar-refractivity contribution in [3.63, 3.8) is 0 Å². The van der Waals surface area contributed by atoms with E-state index in [4.69, 9.17) is 34.8 Å². The van der Waals surface area contributed by atoms with E-state index in [-0.39, 0.29) is 32.9 Å². The molecule has 202 valence electrons. The summed E-state index contributed by atoms with van der Waals surface area (Å²) in [4.78, 5) is 45.7. The largest absolute Gasteiger partial charge is 0.358 e. The first-order valence-electron chi connectivity index (χ1n) is 13.1. The van der Waals surface area contributed by atoms with E-state index in [2.05, 4.69) is 5.32 Å². The molecule has 3 aliphatic rings. The van der Waals surface area contributed by atoms with Gasteiger partial charge in [0.25, 0.3) is 0 Å². The first-order chi connectivity index (χ1) is 19.8. The number of Topliss-reactive ketones (excluding diaryl/α,β-unsaturated/α-hetero) is 2. The second kappa shape index (κ2) is 9.59. The Morgan fingerprint density at radius 1 is 0.780 bits per heavy atom. The fraction of sp³-hybridized carbons (Fsp3) is 0.121. The van der Waals surface area contributed by atoms with Gasteiger partial charge in [-0.15, -0.1) is 0 Å². The van der Waals surface area contributed by atoms with E-state index >= 15 is 0 Å². The lowest BCUT2D eigenvalue weighted by Crippen LogP contribution is -2.49. The molecular weight excluding hydrogens is 579 g/mol. The van der Waals surface area contributed by atoms with Gasteiger partial charge in [0.05, 0.1) is 22.0 Å². The lowest BCUT2D eigenvalue weighted by atomic mass is 9.62. The molecule has 4 aromatic carbocycles. The molecule has 5 nitrogen and oxygen atoms in total. The first-order valence-corrected chi connectivity index (χ1v) is 14.2. The fourth-order valence-corrected chi connectivity index (χ4v) is 7.58. The number of nitrogens with one attached hydrogen (secondary N) is 1. The molecule has 3 heterocycles. The van der Waals surface area contributed by atoms with Crippen molar-refractivity contribution in [3.05, 3.63) is 140 Å². The zero-order chi connectivity index (χ0) is 28.5. The SMILES string of the molecule is O=C(c1ccccc1Cl)[C@@H]1[C@H](C(=O)c2ccc(Cl)cc2Cl)N2C=Cc3ccccc3[C@@H]2[C@]12C(=O)Nc1ccccc12. The Kier molecular flexibility index (Phi) is 6.09. The minimum Gasteiger partial charge on any atom is -0.358 e. The molecular formula is C33H21Cl3N2O3. The number of nitrogens with zero attached hydrogens (tertiary/aromatic N) is 1. The summed E-state index contributed by atoms with van der Waals surface area (Å²) in [6.45, 7) is 0. The molecule has 0 aliphatic carbocycles. The summed E-state index contributed by atoms with van der Waals surface area (Å²) in [6.07, 6.45) is 3.72. The van der Waals surface area contributed by atoms with Crippen LogP contribution < -0.4 is 5.32 Å². The molecule has 3 aliphatic heterocycles. The minimum atomic E-state index is -1.45. The van der Waals surface area contributed by atoms with Gasteiger partial charge in [0.1, 0.15) is 11.5 Å². The van der Waals surface area contributed by atoms with Gasteiger partial charge in [0.2, 0.25) is 5.91 Å². The van der Waals surface area contributed by atoms with Crippen molar-refractivity contribution in [2.24, 2.45) is 5.92 Å². The van der Waals surface area contributed by atoms with Gasteiger partial charge in [-0.3, -0.25) is 14.4 Å². The third-order valence-corrected chi connectivity index (χ3v) is 9.33. The predicted molar refractivity (Wildman–Crippen MR) is 161 cm³/mol. The lowest BCUT2D eigenvalue weighted by molar-refractivity contribution is -0.122. The van der Waals surface area contributed by atoms with Crippen LogP contribution in [0.2, 0.25) is 15.1 Å². The van der Waals surface area contributed by atoms with Crippen molar-refractivity contribution < 1.29 is 14.4 Å². The van der Waals surface area contributed by atoms with Gasteiger partial charge in [-0.25, -0.2) is 0 Å². The van der Waals surface area contributed by atoms with Crippen LogP contribution in [0.3, 0.4) is 0 Å². The van der Waals surface area contributed by atoms with Crippen LogP contribution in [0.25, 0.3) is 6.08 Å². The summed E-state index contributed by atoms with van der Waals surface area (Å²) in [5.41, 5.74) is 2.03. The third-order valence-electron chi connectivity index (χ3n) is 8.46. The summed E-state index contributed by atoms with van der Waals surface area (Å²) in [5, 5.41) is 3.83. The van der Waals surface area contributed by atoms with Crippen LogP contribution in [-0.2, 0) is 10.2 Å². The number of para-hydroxylation sites is 1. The molecule has 0 saturated carbocycles. The molecule has 1 N–H and O–H groups in total. The van der Waals surface area contributed by atoms with Crippen LogP contribution in [0.1, 0.15) is 43.4 Å². The Bertz CT molecular complexity index is 1820. The monoisotopic (exact) mass is 598 g/mol. The summed E-state index contributed by atoms with van der Waals surface area (Å²) in [7, 11) is 0. The number of hydrogen-bond donors (Lipinski definition) is 1. The maximum Gasteiger partial charge on any atom is 0.238 e. The number of anilines is 1. The molecule has 4 aromatic rings. The summed E-state index contributed by atoms with van der Waals surface area (Å²) >= 11 is 19.3. The predicted octanol–water partition coefficient (Wildman–Crippen LogP) is 7.63. The van der Waals surface area contributed by atoms with Gasteiger partial charge in [0, 0.05) is 28.0 Å². The highest BCUT2D eigenvalue weighted by Crippen LogP contribution is 2.62. The van der Waals surface area contributed by atoms with Gasteiger partial charge < -0.3 is 10.2 Å². The molecule has 4 atom stereocenters. The van der Waals surface area contributed by atoms with Crippen molar-refractivity contribution in [1.82, 2.24) is 4.90 Å². The molecule has 1 fully saturated rings. The molecule has 0 aromatic heterocycles. The highest BCUT2D eigenvalue weighted by atomic mass is 35.5. The molecule has 0 unspecified atom stereocenters. The number of carbonyl (C=O) groups excluding carboxylic acids is 3. The first kappa shape index (κ1) is 26.0. The average molecular weight is 600 g/mol. The number of amides is 1. The highest BCUT2D eigenvalue weighted by Gasteiger charge is 2.70. The van der Waals surface area contributed by atoms with Gasteiger partial charge in [-0.2, -0.15) is 0 Å². The number of hydrogen-bond acceptors (Lipinski definition) is 4. The van der Waals surface area contributed by atoms with Crippen LogP contribution >= 0.6 is 34.8 Å². The van der Waals surface area contributed by atoms with Crippen LogP contribution in [0.4, 0.5) is 5.69 Å². The van der Waals surface area contributed by atoms with E-state index in [1.807, 2.05) is 65.7 Å². The number of fused-ring (bicyclic) bond motifs is 6. The quantitative estimate of drug-likeness (QED) is 0.245. The van der Waals surface area contributed by atoms with Crippen LogP contribution in [0.15, 0.2) is 97.2 Å². The minimum absolute atomic E-state index is 0.168. The van der Waals surface area contributed by atoms with E-state index in [1.54, 1.807) is 36.4 Å². The van der Waals surface area contributed by atoms with E-state index in [0.717, 1.165) is 11.1 Å². The fourth-order valence-electron chi connectivity index (χ4n) is 6.84. The molecule has 41 heavy (non-hydrogen) atoms. The van der Waals surface area contributed by atoms with Crippen LogP contribution in [-0.4, -0.2) is 28.4 Å². The zero-order valence-corrected chi connectivity index (χ0v) is 23.6. The molecule has 0 radical (unpaired) electrons. The maximum atomic E-state index is 14.8. The van der Waals surface area contributed by atoms with Gasteiger partial charge >= 0.3 is 0 Å². The molecule has 1 spiro atoms. The van der Waals surface area contributed by atoms with Crippen molar-refractivity contribution in [2.45, 2.75) is 17.5 Å². The Morgan fingerprint density at radius 3 is 2.29 bits per heavy atom. The summed E-state index contributed by atoms with van der Waals surface area (Å²) < 4.78 is 0. The Balaban J connectivity index is 1.56. The molecule has 1 saturated heterocycles. The second-order valence-electron chi connectivity index (χ2n) is 10.4. The van der Waals surface area contributed by atoms with E-state index in [0.29, 0.717) is 16.3 Å². The average Bonchev–Trinajstić information content (AvgIpc) is 3.45. The smallest absolute Gasteiger partial charge is 0.238 e. The topological polar surface area (TPSA) is 66.5 Å². The molecule has 8 heteroatoms. The Labute approximate surface area is 251 Å². The second-order valence-corrected chi connectivity index (χ2v) is 11.7. The van der Waals surface area contributed by atoms with Gasteiger partial charge in [-0.05, 0) is 59.2 Å². The normalized spacial score (nSPS) is 23.6. The van der Waals surface area contributed by atoms with Crippen molar-refractivity contribution in [2.75, 3.05) is 5.32 Å². The lowest BCUT2D eigenvalue weighted by Gasteiger charge is -2.38. The third kappa shape index (κ3) is 3.66. The van der Waals surface area contributed by atoms with E-state index < -0.39 is 29.2 Å². The zero-order valence-electron chi connectivity index (χ0n) is 21.4.